The van der Waals surface area contributed by atoms with Gasteiger partial charge in [0.1, 0.15) is 6.04 Å². The van der Waals surface area contributed by atoms with Crippen LogP contribution < -0.4 is 19.5 Å². The molecule has 170 valence electrons. The average molecular weight is 434 g/mol. The number of aliphatic imine (C=N–C) groups is 1. The number of esters is 1. The lowest BCUT2D eigenvalue weighted by Crippen LogP contribution is -2.56. The van der Waals surface area contributed by atoms with Crippen molar-refractivity contribution >= 4 is 17.8 Å². The summed E-state index contributed by atoms with van der Waals surface area (Å²) in [5, 5.41) is 2.80. The topological polar surface area (TPSA) is 102 Å². The van der Waals surface area contributed by atoms with Crippen LogP contribution in [0.15, 0.2) is 17.1 Å². The van der Waals surface area contributed by atoms with Gasteiger partial charge >= 0.3 is 5.97 Å². The lowest BCUT2D eigenvalue weighted by atomic mass is 9.90. The van der Waals surface area contributed by atoms with Gasteiger partial charge in [-0.3, -0.25) is 14.9 Å². The molecule has 10 heteroatoms. The molecule has 0 aromatic heterocycles. The zero-order valence-electron chi connectivity index (χ0n) is 18.6. The molecular weight excluding hydrogens is 404 g/mol. The Hall–Kier alpha value is -3.01. The van der Waals surface area contributed by atoms with Crippen LogP contribution in [0.1, 0.15) is 18.5 Å². The molecule has 0 radical (unpaired) electrons. The Morgan fingerprint density at radius 1 is 1.10 bits per heavy atom. The highest BCUT2D eigenvalue weighted by Gasteiger charge is 2.44. The molecule has 2 aliphatic rings. The molecule has 3 rings (SSSR count). The lowest BCUT2D eigenvalue weighted by molar-refractivity contribution is -0.153. The summed E-state index contributed by atoms with van der Waals surface area (Å²) in [6.45, 7) is 4.99. The van der Waals surface area contributed by atoms with E-state index in [1.165, 1.54) is 21.3 Å². The molecule has 1 N–H and O–H groups in total. The van der Waals surface area contributed by atoms with Crippen LogP contribution in [0.5, 0.6) is 17.2 Å². The van der Waals surface area contributed by atoms with Gasteiger partial charge in [0.05, 0.1) is 27.9 Å². The number of carbonyl (C=O) groups is 2. The Morgan fingerprint density at radius 3 is 2.35 bits per heavy atom. The van der Waals surface area contributed by atoms with Gasteiger partial charge in [-0.15, -0.1) is 0 Å². The van der Waals surface area contributed by atoms with Crippen molar-refractivity contribution in [1.82, 2.24) is 15.1 Å². The number of rotatable bonds is 6. The highest BCUT2D eigenvalue weighted by atomic mass is 16.5. The first-order valence-corrected chi connectivity index (χ1v) is 10.2. The van der Waals surface area contributed by atoms with Gasteiger partial charge in [0.15, 0.2) is 17.4 Å². The molecule has 0 aliphatic carbocycles. The second-order valence-corrected chi connectivity index (χ2v) is 7.33. The molecule has 1 aromatic carbocycles. The number of guanidine groups is 1. The van der Waals surface area contributed by atoms with Crippen molar-refractivity contribution in [1.29, 1.82) is 0 Å². The summed E-state index contributed by atoms with van der Waals surface area (Å²) >= 11 is 0. The van der Waals surface area contributed by atoms with E-state index in [4.69, 9.17) is 23.9 Å². The molecule has 10 nitrogen and oxygen atoms in total. The minimum Gasteiger partial charge on any atom is -0.493 e. The van der Waals surface area contributed by atoms with Crippen LogP contribution in [0.25, 0.3) is 0 Å². The van der Waals surface area contributed by atoms with Crippen LogP contribution in [0.4, 0.5) is 0 Å². The first-order chi connectivity index (χ1) is 14.9. The molecule has 1 amide bonds. The third-order valence-electron chi connectivity index (χ3n) is 5.49. The SMILES string of the molecule is CCOC(=O)[C@@H]1C(=O)NC(N2CCN(C)CC2)=N[C@H]1c1ccc(OC)c(OC)c1OC. The summed E-state index contributed by atoms with van der Waals surface area (Å²) in [6.07, 6.45) is 0. The molecule has 31 heavy (non-hydrogen) atoms. The average Bonchev–Trinajstić information content (AvgIpc) is 2.77. The maximum Gasteiger partial charge on any atom is 0.321 e. The van der Waals surface area contributed by atoms with Crippen LogP contribution in [0.2, 0.25) is 0 Å². The van der Waals surface area contributed by atoms with Crippen molar-refractivity contribution < 1.29 is 28.5 Å². The van der Waals surface area contributed by atoms with E-state index in [0.717, 1.165) is 26.2 Å². The first kappa shape index (κ1) is 22.7. The van der Waals surface area contributed by atoms with Gasteiger partial charge in [-0.2, -0.15) is 0 Å². The number of ether oxygens (including phenoxy) is 4. The Labute approximate surface area is 182 Å². The van der Waals surface area contributed by atoms with Crippen molar-refractivity contribution in [3.8, 4) is 17.2 Å². The van der Waals surface area contributed by atoms with Gasteiger partial charge in [0.25, 0.3) is 0 Å². The highest BCUT2D eigenvalue weighted by molar-refractivity contribution is 6.08. The van der Waals surface area contributed by atoms with Gasteiger partial charge in [-0.05, 0) is 26.1 Å². The molecule has 0 bridgehead atoms. The van der Waals surface area contributed by atoms with Crippen molar-refractivity contribution in [3.05, 3.63) is 17.7 Å². The third kappa shape index (κ3) is 4.53. The van der Waals surface area contributed by atoms with Crippen molar-refractivity contribution in [3.63, 3.8) is 0 Å². The summed E-state index contributed by atoms with van der Waals surface area (Å²) in [5.41, 5.74) is 0.541. The molecule has 1 fully saturated rings. The summed E-state index contributed by atoms with van der Waals surface area (Å²) < 4.78 is 21.6. The zero-order valence-corrected chi connectivity index (χ0v) is 18.6. The fourth-order valence-corrected chi connectivity index (χ4v) is 3.82. The summed E-state index contributed by atoms with van der Waals surface area (Å²) in [7, 11) is 6.57. The fraction of sp³-hybridized carbons (Fsp3) is 0.571. The Kier molecular flexibility index (Phi) is 7.21. The molecule has 1 aromatic rings. The second kappa shape index (κ2) is 9.86. The summed E-state index contributed by atoms with van der Waals surface area (Å²) in [4.78, 5) is 34.8. The normalized spacial score (nSPS) is 21.8. The second-order valence-electron chi connectivity index (χ2n) is 7.33. The van der Waals surface area contributed by atoms with Crippen LogP contribution >= 0.6 is 0 Å². The smallest absolute Gasteiger partial charge is 0.321 e. The molecule has 2 atom stereocenters. The van der Waals surface area contributed by atoms with E-state index in [1.807, 2.05) is 11.9 Å². The van der Waals surface area contributed by atoms with E-state index in [-0.39, 0.29) is 6.61 Å². The number of amides is 1. The Morgan fingerprint density at radius 2 is 1.77 bits per heavy atom. The monoisotopic (exact) mass is 434 g/mol. The van der Waals surface area contributed by atoms with Crippen LogP contribution in [0.3, 0.4) is 0 Å². The maximum atomic E-state index is 13.1. The summed E-state index contributed by atoms with van der Waals surface area (Å²) in [5.74, 6) is -0.597. The molecule has 0 unspecified atom stereocenters. The number of nitrogens with zero attached hydrogens (tertiary/aromatic N) is 3. The molecule has 1 saturated heterocycles. The van der Waals surface area contributed by atoms with Gasteiger partial charge in [-0.1, -0.05) is 0 Å². The number of benzene rings is 1. The van der Waals surface area contributed by atoms with E-state index in [1.54, 1.807) is 19.1 Å². The third-order valence-corrected chi connectivity index (χ3v) is 5.49. The number of piperazine rings is 1. The molecule has 2 aliphatic heterocycles. The van der Waals surface area contributed by atoms with Crippen LogP contribution in [-0.4, -0.2) is 88.8 Å². The molecule has 2 heterocycles. The highest BCUT2D eigenvalue weighted by Crippen LogP contribution is 2.45. The summed E-state index contributed by atoms with van der Waals surface area (Å²) in [6, 6.07) is 2.61. The minimum absolute atomic E-state index is 0.160. The van der Waals surface area contributed by atoms with Crippen molar-refractivity contribution in [2.24, 2.45) is 10.9 Å². The van der Waals surface area contributed by atoms with Gasteiger partial charge in [-0.25, -0.2) is 4.99 Å². The molecule has 0 spiro atoms. The standard InChI is InChI=1S/C21H30N4O6/c1-6-31-20(27)15-16(13-7-8-14(28-3)18(30-5)17(13)29-4)22-21(23-19(15)26)25-11-9-24(2)10-12-25/h7-8,15-16H,6,9-12H2,1-5H3,(H,22,23,26)/t15-,16-/m0/s1. The van der Waals surface area contributed by atoms with Crippen molar-refractivity contribution in [2.75, 3.05) is 61.2 Å². The number of likely N-dealkylation sites (N-methyl/N-ethyl adjacent to an activating group) is 1. The number of hydrogen-bond acceptors (Lipinski definition) is 9. The predicted octanol–water partition coefficient (Wildman–Crippen LogP) is 0.666. The zero-order chi connectivity index (χ0) is 22.5. The number of hydrogen-bond donors (Lipinski definition) is 1. The predicted molar refractivity (Wildman–Crippen MR) is 114 cm³/mol. The lowest BCUT2D eigenvalue weighted by Gasteiger charge is -2.38. The maximum absolute atomic E-state index is 13.1. The van der Waals surface area contributed by atoms with Gasteiger partial charge in [0.2, 0.25) is 17.6 Å². The van der Waals surface area contributed by atoms with Gasteiger partial charge in [0, 0.05) is 31.7 Å². The van der Waals surface area contributed by atoms with Crippen LogP contribution in [-0.2, 0) is 14.3 Å². The van der Waals surface area contributed by atoms with Gasteiger partial charge < -0.3 is 28.7 Å². The number of nitrogens with one attached hydrogen (secondary N) is 1. The van der Waals surface area contributed by atoms with E-state index < -0.39 is 23.8 Å². The van der Waals surface area contributed by atoms with E-state index in [9.17, 15) is 9.59 Å². The Balaban J connectivity index is 2.10. The fourth-order valence-electron chi connectivity index (χ4n) is 3.82. The van der Waals surface area contributed by atoms with E-state index >= 15 is 0 Å². The number of carbonyl (C=O) groups excluding carboxylic acids is 2. The largest absolute Gasteiger partial charge is 0.493 e. The van der Waals surface area contributed by atoms with E-state index in [2.05, 4.69) is 10.2 Å². The quantitative estimate of drug-likeness (QED) is 0.515. The molecule has 0 saturated carbocycles. The number of methoxy groups -OCH3 is 3. The van der Waals surface area contributed by atoms with Crippen LogP contribution in [0, 0.1) is 5.92 Å². The van der Waals surface area contributed by atoms with Crippen molar-refractivity contribution in [2.45, 2.75) is 13.0 Å². The minimum atomic E-state index is -1.15. The first-order valence-electron chi connectivity index (χ1n) is 10.2. The Bertz CT molecular complexity index is 851. The van der Waals surface area contributed by atoms with E-state index in [0.29, 0.717) is 28.8 Å². The molecular formula is C21H30N4O6.